The topological polar surface area (TPSA) is 51.5 Å². The largest absolute Gasteiger partial charge is 0.497 e. The molecule has 0 bridgehead atoms. The monoisotopic (exact) mass is 320 g/mol. The molecular formula is C19H16N2O3. The molecule has 1 aliphatic heterocycles. The molecule has 0 aliphatic carbocycles. The Balaban J connectivity index is 1.90. The summed E-state index contributed by atoms with van der Waals surface area (Å²) in [6.07, 6.45) is 1.91. The van der Waals surface area contributed by atoms with E-state index in [0.717, 1.165) is 16.5 Å². The Kier molecular flexibility index (Phi) is 3.00. The number of carbonyl (C=O) groups is 2. The van der Waals surface area contributed by atoms with E-state index in [1.54, 1.807) is 37.4 Å². The third kappa shape index (κ3) is 1.81. The lowest BCUT2D eigenvalue weighted by Gasteiger charge is -2.14. The van der Waals surface area contributed by atoms with Crippen LogP contribution in [0.25, 0.3) is 10.9 Å². The molecule has 0 unspecified atom stereocenters. The molecule has 2 aromatic carbocycles. The van der Waals surface area contributed by atoms with E-state index in [2.05, 4.69) is 0 Å². The van der Waals surface area contributed by atoms with E-state index in [9.17, 15) is 9.59 Å². The molecule has 5 heteroatoms. The summed E-state index contributed by atoms with van der Waals surface area (Å²) in [5.41, 5.74) is 3.45. The van der Waals surface area contributed by atoms with Gasteiger partial charge in [-0.2, -0.15) is 0 Å². The molecule has 24 heavy (non-hydrogen) atoms. The maximum atomic E-state index is 13.0. The standard InChI is InChI=1S/C19H16N2O3/c1-11-10-15-16(14-8-9-20(2)17(11)14)19(23)21(18(15)22)12-4-6-13(24-3)7-5-12/h4-10H,1-3H3. The number of aromatic nitrogens is 1. The lowest BCUT2D eigenvalue weighted by atomic mass is 10.0. The number of hydrogen-bond acceptors (Lipinski definition) is 3. The van der Waals surface area contributed by atoms with Crippen LogP contribution in [-0.4, -0.2) is 23.5 Å². The first-order valence-corrected chi connectivity index (χ1v) is 7.64. The van der Waals surface area contributed by atoms with Crippen molar-refractivity contribution in [3.63, 3.8) is 0 Å². The Bertz CT molecular complexity index is 1000. The van der Waals surface area contributed by atoms with Gasteiger partial charge in [0.1, 0.15) is 5.75 Å². The number of aryl methyl sites for hydroxylation is 2. The first kappa shape index (κ1) is 14.5. The summed E-state index contributed by atoms with van der Waals surface area (Å²) in [5, 5.41) is 0.821. The molecule has 0 N–H and O–H groups in total. The van der Waals surface area contributed by atoms with Gasteiger partial charge in [0.25, 0.3) is 11.8 Å². The molecule has 120 valence electrons. The molecule has 0 atom stereocenters. The minimum Gasteiger partial charge on any atom is -0.497 e. The van der Waals surface area contributed by atoms with E-state index >= 15 is 0 Å². The highest BCUT2D eigenvalue weighted by molar-refractivity contribution is 6.37. The zero-order chi connectivity index (χ0) is 17.0. The fourth-order valence-corrected chi connectivity index (χ4v) is 3.41. The fourth-order valence-electron chi connectivity index (χ4n) is 3.41. The van der Waals surface area contributed by atoms with E-state index in [4.69, 9.17) is 4.74 Å². The second-order valence-electron chi connectivity index (χ2n) is 5.95. The molecule has 5 nitrogen and oxygen atoms in total. The highest BCUT2D eigenvalue weighted by atomic mass is 16.5. The Morgan fingerprint density at radius 3 is 2.38 bits per heavy atom. The highest BCUT2D eigenvalue weighted by Gasteiger charge is 2.38. The molecule has 0 fully saturated rings. The van der Waals surface area contributed by atoms with Gasteiger partial charge in [0.05, 0.1) is 29.4 Å². The number of anilines is 1. The third-order valence-electron chi connectivity index (χ3n) is 4.53. The lowest BCUT2D eigenvalue weighted by Crippen LogP contribution is -2.29. The summed E-state index contributed by atoms with van der Waals surface area (Å²) in [4.78, 5) is 27.0. The average Bonchev–Trinajstić information content (AvgIpc) is 3.07. The predicted molar refractivity (Wildman–Crippen MR) is 91.8 cm³/mol. The second-order valence-corrected chi connectivity index (χ2v) is 5.95. The van der Waals surface area contributed by atoms with Crippen LogP contribution in [0.4, 0.5) is 5.69 Å². The second kappa shape index (κ2) is 4.96. The normalized spacial score (nSPS) is 13.7. The van der Waals surface area contributed by atoms with Crippen LogP contribution >= 0.6 is 0 Å². The molecular weight excluding hydrogens is 304 g/mol. The van der Waals surface area contributed by atoms with Crippen molar-refractivity contribution in [1.29, 1.82) is 0 Å². The minimum atomic E-state index is -0.283. The van der Waals surface area contributed by atoms with E-state index < -0.39 is 0 Å². The number of rotatable bonds is 2. The number of amides is 2. The molecule has 0 radical (unpaired) electrons. The Hall–Kier alpha value is -3.08. The van der Waals surface area contributed by atoms with Gasteiger partial charge >= 0.3 is 0 Å². The molecule has 0 saturated carbocycles. The summed E-state index contributed by atoms with van der Waals surface area (Å²) in [6, 6.07) is 10.6. The lowest BCUT2D eigenvalue weighted by molar-refractivity contribution is 0.0926. The van der Waals surface area contributed by atoms with Gasteiger partial charge in [-0.05, 0) is 48.9 Å². The molecule has 2 amide bonds. The molecule has 4 rings (SSSR count). The molecule has 0 saturated heterocycles. The number of methoxy groups -OCH3 is 1. The van der Waals surface area contributed by atoms with Crippen molar-refractivity contribution in [2.24, 2.45) is 7.05 Å². The quantitative estimate of drug-likeness (QED) is 0.681. The van der Waals surface area contributed by atoms with Crippen LogP contribution in [0.2, 0.25) is 0 Å². The maximum Gasteiger partial charge on any atom is 0.266 e. The van der Waals surface area contributed by atoms with Gasteiger partial charge in [0, 0.05) is 18.6 Å². The van der Waals surface area contributed by atoms with Crippen molar-refractivity contribution in [2.75, 3.05) is 12.0 Å². The molecule has 2 heterocycles. The van der Waals surface area contributed by atoms with Gasteiger partial charge in [-0.15, -0.1) is 0 Å². The minimum absolute atomic E-state index is 0.281. The van der Waals surface area contributed by atoms with Gasteiger partial charge in [-0.1, -0.05) is 0 Å². The van der Waals surface area contributed by atoms with Crippen molar-refractivity contribution in [3.8, 4) is 5.75 Å². The number of hydrogen-bond donors (Lipinski definition) is 0. The van der Waals surface area contributed by atoms with Crippen LogP contribution in [0.3, 0.4) is 0 Å². The Labute approximate surface area is 139 Å². The summed E-state index contributed by atoms with van der Waals surface area (Å²) in [5.74, 6) is 0.113. The smallest absolute Gasteiger partial charge is 0.266 e. The highest BCUT2D eigenvalue weighted by Crippen LogP contribution is 2.35. The van der Waals surface area contributed by atoms with E-state index in [1.165, 1.54) is 4.90 Å². The van der Waals surface area contributed by atoms with Gasteiger partial charge in [-0.25, -0.2) is 4.90 Å². The van der Waals surface area contributed by atoms with Crippen molar-refractivity contribution in [1.82, 2.24) is 4.57 Å². The number of nitrogens with zero attached hydrogens (tertiary/aromatic N) is 2. The Morgan fingerprint density at radius 1 is 1.00 bits per heavy atom. The summed E-state index contributed by atoms with van der Waals surface area (Å²) in [7, 11) is 3.51. The summed E-state index contributed by atoms with van der Waals surface area (Å²) in [6.45, 7) is 1.95. The van der Waals surface area contributed by atoms with Crippen LogP contribution in [0, 0.1) is 6.92 Å². The first-order chi connectivity index (χ1) is 11.5. The SMILES string of the molecule is COc1ccc(N2C(=O)c3cc(C)c4c(ccn4C)c3C2=O)cc1. The van der Waals surface area contributed by atoms with Gasteiger partial charge in [-0.3, -0.25) is 9.59 Å². The summed E-state index contributed by atoms with van der Waals surface area (Å²) >= 11 is 0. The predicted octanol–water partition coefficient (Wildman–Crippen LogP) is 3.30. The third-order valence-corrected chi connectivity index (χ3v) is 4.53. The van der Waals surface area contributed by atoms with Crippen LogP contribution in [0.5, 0.6) is 5.75 Å². The average molecular weight is 320 g/mol. The maximum absolute atomic E-state index is 13.0. The summed E-state index contributed by atoms with van der Waals surface area (Å²) < 4.78 is 7.10. The van der Waals surface area contributed by atoms with Gasteiger partial charge in [0.15, 0.2) is 0 Å². The molecule has 0 spiro atoms. The number of benzene rings is 2. The Morgan fingerprint density at radius 2 is 1.71 bits per heavy atom. The number of imide groups is 1. The van der Waals surface area contributed by atoms with Crippen LogP contribution in [-0.2, 0) is 7.05 Å². The molecule has 3 aromatic rings. The first-order valence-electron chi connectivity index (χ1n) is 7.64. The number of carbonyl (C=O) groups excluding carboxylic acids is 2. The zero-order valence-electron chi connectivity index (χ0n) is 13.7. The van der Waals surface area contributed by atoms with Crippen molar-refractivity contribution >= 4 is 28.4 Å². The molecule has 1 aliphatic rings. The van der Waals surface area contributed by atoms with Crippen LogP contribution in [0.15, 0.2) is 42.6 Å². The van der Waals surface area contributed by atoms with Crippen LogP contribution < -0.4 is 9.64 Å². The van der Waals surface area contributed by atoms with Crippen molar-refractivity contribution in [3.05, 3.63) is 59.3 Å². The number of ether oxygens (including phenoxy) is 1. The van der Waals surface area contributed by atoms with Crippen LogP contribution in [0.1, 0.15) is 26.3 Å². The van der Waals surface area contributed by atoms with Gasteiger partial charge < -0.3 is 9.30 Å². The van der Waals surface area contributed by atoms with Crippen molar-refractivity contribution in [2.45, 2.75) is 6.92 Å². The van der Waals surface area contributed by atoms with Gasteiger partial charge in [0.2, 0.25) is 0 Å². The number of fused-ring (bicyclic) bond motifs is 3. The zero-order valence-corrected chi connectivity index (χ0v) is 13.7. The fraction of sp³-hybridized carbons (Fsp3) is 0.158. The van der Waals surface area contributed by atoms with E-state index in [0.29, 0.717) is 22.6 Å². The van der Waals surface area contributed by atoms with Crippen molar-refractivity contribution < 1.29 is 14.3 Å². The van der Waals surface area contributed by atoms with E-state index in [-0.39, 0.29) is 11.8 Å². The van der Waals surface area contributed by atoms with E-state index in [1.807, 2.05) is 30.8 Å². The molecule has 1 aromatic heterocycles.